The van der Waals surface area contributed by atoms with E-state index in [0.717, 1.165) is 48.7 Å². The Kier molecular flexibility index (Phi) is 5.78. The summed E-state index contributed by atoms with van der Waals surface area (Å²) in [5.41, 5.74) is 1.74. The predicted molar refractivity (Wildman–Crippen MR) is 113 cm³/mol. The average molecular weight is 414 g/mol. The summed E-state index contributed by atoms with van der Waals surface area (Å²) < 4.78 is 0. The van der Waals surface area contributed by atoms with Crippen LogP contribution < -0.4 is 10.2 Å². The van der Waals surface area contributed by atoms with Gasteiger partial charge in [0.25, 0.3) is 0 Å². The van der Waals surface area contributed by atoms with Crippen molar-refractivity contribution in [3.8, 4) is 0 Å². The van der Waals surface area contributed by atoms with E-state index in [2.05, 4.69) is 25.4 Å². The summed E-state index contributed by atoms with van der Waals surface area (Å²) in [5.74, 6) is -0.871. The molecule has 8 heteroatoms. The van der Waals surface area contributed by atoms with Crippen LogP contribution in [0.4, 0.5) is 5.69 Å². The van der Waals surface area contributed by atoms with Crippen molar-refractivity contribution in [2.24, 2.45) is 4.99 Å². The van der Waals surface area contributed by atoms with Gasteiger partial charge in [-0.15, -0.1) is 5.10 Å². The molecular formula is C21H24ClN5O2. The lowest BCUT2D eigenvalue weighted by atomic mass is 10.0. The number of hydrogen-bond donors (Lipinski definition) is 2. The highest BCUT2D eigenvalue weighted by Gasteiger charge is 2.50. The molecule has 1 aromatic heterocycles. The summed E-state index contributed by atoms with van der Waals surface area (Å²) >= 11 is 6.24. The summed E-state index contributed by atoms with van der Waals surface area (Å²) in [7, 11) is 0. The van der Waals surface area contributed by atoms with Gasteiger partial charge in [0.2, 0.25) is 0 Å². The molecule has 2 aromatic rings. The number of halogens is 1. The number of aromatic nitrogens is 2. The van der Waals surface area contributed by atoms with E-state index in [-0.39, 0.29) is 0 Å². The van der Waals surface area contributed by atoms with Gasteiger partial charge in [0, 0.05) is 30.7 Å². The van der Waals surface area contributed by atoms with Gasteiger partial charge in [-0.2, -0.15) is 5.10 Å². The monoisotopic (exact) mass is 413 g/mol. The number of rotatable bonds is 7. The number of piperidine rings is 1. The topological polar surface area (TPSA) is 90.7 Å². The van der Waals surface area contributed by atoms with Crippen LogP contribution in [0.1, 0.15) is 36.9 Å². The molecule has 1 aromatic carbocycles. The van der Waals surface area contributed by atoms with Gasteiger partial charge in [0.05, 0.1) is 18.1 Å². The minimum Gasteiger partial charge on any atom is -0.479 e. The summed E-state index contributed by atoms with van der Waals surface area (Å²) in [4.78, 5) is 17.9. The van der Waals surface area contributed by atoms with Gasteiger partial charge in [-0.1, -0.05) is 29.8 Å². The van der Waals surface area contributed by atoms with Gasteiger partial charge >= 0.3 is 5.97 Å². The largest absolute Gasteiger partial charge is 0.479 e. The number of carbonyl (C=O) groups is 1. The van der Waals surface area contributed by atoms with Crippen molar-refractivity contribution < 1.29 is 9.90 Å². The van der Waals surface area contributed by atoms with Crippen molar-refractivity contribution in [2.45, 2.75) is 43.8 Å². The lowest BCUT2D eigenvalue weighted by Gasteiger charge is -2.34. The van der Waals surface area contributed by atoms with Crippen LogP contribution in [-0.2, 0) is 11.3 Å². The Morgan fingerprint density at radius 1 is 1.31 bits per heavy atom. The second-order valence-corrected chi connectivity index (χ2v) is 8.04. The molecule has 0 unspecified atom stereocenters. The molecule has 4 rings (SSSR count). The van der Waals surface area contributed by atoms with Crippen molar-refractivity contribution in [1.29, 1.82) is 0 Å². The van der Waals surface area contributed by atoms with E-state index in [0.29, 0.717) is 24.6 Å². The van der Waals surface area contributed by atoms with Gasteiger partial charge in [0.1, 0.15) is 5.69 Å². The summed E-state index contributed by atoms with van der Waals surface area (Å²) in [5, 5.41) is 21.8. The quantitative estimate of drug-likeness (QED) is 0.678. The molecule has 1 saturated carbocycles. The van der Waals surface area contributed by atoms with Crippen LogP contribution in [0.3, 0.4) is 0 Å². The Balaban J connectivity index is 1.36. The molecule has 1 saturated heterocycles. The Hall–Kier alpha value is -2.51. The third-order valence-electron chi connectivity index (χ3n) is 5.66. The predicted octanol–water partition coefficient (Wildman–Crippen LogP) is 2.92. The number of benzene rings is 1. The molecule has 1 aliphatic carbocycles. The Morgan fingerprint density at radius 3 is 2.76 bits per heavy atom. The molecule has 2 fully saturated rings. The molecular weight excluding hydrogens is 390 g/mol. The first-order valence-electron chi connectivity index (χ1n) is 9.89. The fourth-order valence-corrected chi connectivity index (χ4v) is 3.82. The van der Waals surface area contributed by atoms with Crippen molar-refractivity contribution in [2.75, 3.05) is 18.0 Å². The number of anilines is 1. The zero-order chi connectivity index (χ0) is 20.3. The van der Waals surface area contributed by atoms with Crippen LogP contribution in [0.2, 0.25) is 5.02 Å². The standard InChI is InChI=1S/C21H24ClN5O2/c22-17-4-2-1-3-15(17)13-23-16-6-11-27(12-7-16)19-5-10-25-26-18(19)14-24-21(8-9-21)20(28)29/h1-5,10,14,16,23H,6-9,11-13H2,(H,28,29). The molecule has 0 amide bonds. The maximum Gasteiger partial charge on any atom is 0.331 e. The summed E-state index contributed by atoms with van der Waals surface area (Å²) in [6, 6.07) is 10.2. The number of nitrogens with one attached hydrogen (secondary N) is 1. The van der Waals surface area contributed by atoms with E-state index in [4.69, 9.17) is 11.6 Å². The van der Waals surface area contributed by atoms with Crippen LogP contribution >= 0.6 is 11.6 Å². The Bertz CT molecular complexity index is 907. The second kappa shape index (κ2) is 8.47. The molecule has 29 heavy (non-hydrogen) atoms. The Morgan fingerprint density at radius 2 is 2.07 bits per heavy atom. The van der Waals surface area contributed by atoms with Crippen molar-refractivity contribution in [1.82, 2.24) is 15.5 Å². The molecule has 2 N–H and O–H groups in total. The van der Waals surface area contributed by atoms with Gasteiger partial charge in [-0.25, -0.2) is 4.79 Å². The van der Waals surface area contributed by atoms with Crippen LogP contribution in [0.15, 0.2) is 41.5 Å². The molecule has 2 heterocycles. The molecule has 7 nitrogen and oxygen atoms in total. The molecule has 0 spiro atoms. The summed E-state index contributed by atoms with van der Waals surface area (Å²) in [6.07, 6.45) is 6.41. The van der Waals surface area contributed by atoms with Gasteiger partial charge in [-0.3, -0.25) is 4.99 Å². The number of hydrogen-bond acceptors (Lipinski definition) is 6. The minimum atomic E-state index is -0.954. The SMILES string of the molecule is O=C(O)C1(N=Cc2nnccc2N2CCC(NCc3ccccc3Cl)CC2)CC1. The third kappa shape index (κ3) is 4.57. The number of carboxylic acid groups (broad SMARTS) is 1. The minimum absolute atomic E-state index is 0.427. The van der Waals surface area contributed by atoms with Crippen molar-refractivity contribution in [3.05, 3.63) is 52.8 Å². The van der Waals surface area contributed by atoms with Gasteiger partial charge in [-0.05, 0) is 43.4 Å². The smallest absolute Gasteiger partial charge is 0.331 e. The maximum absolute atomic E-state index is 11.3. The fourth-order valence-electron chi connectivity index (χ4n) is 3.62. The van der Waals surface area contributed by atoms with E-state index >= 15 is 0 Å². The van der Waals surface area contributed by atoms with Crippen LogP contribution in [-0.4, -0.2) is 52.2 Å². The molecule has 2 aliphatic rings. The Labute approximate surface area is 174 Å². The average Bonchev–Trinajstić information content (AvgIpc) is 3.54. The molecule has 0 radical (unpaired) electrons. The lowest BCUT2D eigenvalue weighted by molar-refractivity contribution is -0.139. The second-order valence-electron chi connectivity index (χ2n) is 7.63. The van der Waals surface area contributed by atoms with E-state index in [1.165, 1.54) is 0 Å². The summed E-state index contributed by atoms with van der Waals surface area (Å²) in [6.45, 7) is 2.53. The number of carboxylic acids is 1. The van der Waals surface area contributed by atoms with Crippen molar-refractivity contribution >= 4 is 29.5 Å². The first kappa shape index (κ1) is 19.8. The van der Waals surface area contributed by atoms with Crippen LogP contribution in [0.5, 0.6) is 0 Å². The van der Waals surface area contributed by atoms with Crippen molar-refractivity contribution in [3.63, 3.8) is 0 Å². The zero-order valence-electron chi connectivity index (χ0n) is 16.1. The molecule has 152 valence electrons. The first-order valence-corrected chi connectivity index (χ1v) is 10.3. The maximum atomic E-state index is 11.3. The van der Waals surface area contributed by atoms with Gasteiger partial charge in [0.15, 0.2) is 5.54 Å². The number of aliphatic imine (C=N–C) groups is 1. The highest BCUT2D eigenvalue weighted by molar-refractivity contribution is 6.31. The molecule has 1 aliphatic heterocycles. The van der Waals surface area contributed by atoms with E-state index in [9.17, 15) is 9.90 Å². The number of nitrogens with zero attached hydrogens (tertiary/aromatic N) is 4. The lowest BCUT2D eigenvalue weighted by Crippen LogP contribution is -2.42. The highest BCUT2D eigenvalue weighted by atomic mass is 35.5. The van der Waals surface area contributed by atoms with E-state index < -0.39 is 11.5 Å². The molecule has 0 atom stereocenters. The van der Waals surface area contributed by atoms with Gasteiger partial charge < -0.3 is 15.3 Å². The van der Waals surface area contributed by atoms with Crippen LogP contribution in [0.25, 0.3) is 0 Å². The van der Waals surface area contributed by atoms with E-state index in [1.54, 1.807) is 12.4 Å². The first-order chi connectivity index (χ1) is 14.1. The normalized spacial score (nSPS) is 18.9. The van der Waals surface area contributed by atoms with Crippen LogP contribution in [0, 0.1) is 0 Å². The molecule has 0 bridgehead atoms. The third-order valence-corrected chi connectivity index (χ3v) is 6.03. The highest BCUT2D eigenvalue weighted by Crippen LogP contribution is 2.40. The van der Waals surface area contributed by atoms with E-state index in [1.807, 2.05) is 30.3 Å². The fraction of sp³-hybridized carbons (Fsp3) is 0.429. The number of aliphatic carboxylic acids is 1. The zero-order valence-corrected chi connectivity index (χ0v) is 16.8.